The highest BCUT2D eigenvalue weighted by Gasteiger charge is 2.19. The Balaban J connectivity index is 2.35. The maximum Gasteiger partial charge on any atom is 0.359 e. The molecule has 1 N–H and O–H groups in total. The lowest BCUT2D eigenvalue weighted by Crippen LogP contribution is -2.34. The van der Waals surface area contributed by atoms with Gasteiger partial charge in [-0.05, 0) is 25.8 Å². The molecule has 0 spiro atoms. The number of aromatic nitrogens is 2. The third kappa shape index (κ3) is 4.65. The fraction of sp³-hybridized carbons (Fsp3) is 0.444. The molecule has 1 aromatic heterocycles. The second-order valence-electron chi connectivity index (χ2n) is 6.57. The van der Waals surface area contributed by atoms with E-state index in [-0.39, 0.29) is 29.1 Å². The van der Waals surface area contributed by atoms with Gasteiger partial charge in [0, 0.05) is 18.0 Å². The highest BCUT2D eigenvalue weighted by atomic mass is 16.5. The predicted octanol–water partition coefficient (Wildman–Crippen LogP) is 1.73. The number of esters is 1. The summed E-state index contributed by atoms with van der Waals surface area (Å²) in [5, 5.41) is 7.64. The maximum atomic E-state index is 12.5. The average molecular weight is 345 g/mol. The average Bonchev–Trinajstić information content (AvgIpc) is 2.54. The Kier molecular flexibility index (Phi) is 5.90. The first-order chi connectivity index (χ1) is 11.8. The molecule has 25 heavy (non-hydrogen) atoms. The van der Waals surface area contributed by atoms with Crippen molar-refractivity contribution >= 4 is 22.6 Å². The molecule has 0 bridgehead atoms. The van der Waals surface area contributed by atoms with E-state index in [4.69, 9.17) is 4.74 Å². The smallest absolute Gasteiger partial charge is 0.359 e. The van der Waals surface area contributed by atoms with E-state index in [9.17, 15) is 14.4 Å². The van der Waals surface area contributed by atoms with Crippen molar-refractivity contribution in [2.45, 2.75) is 40.3 Å². The van der Waals surface area contributed by atoms with Gasteiger partial charge in [-0.2, -0.15) is 5.10 Å². The van der Waals surface area contributed by atoms with Gasteiger partial charge in [-0.3, -0.25) is 9.59 Å². The van der Waals surface area contributed by atoms with E-state index in [2.05, 4.69) is 10.4 Å². The van der Waals surface area contributed by atoms with Crippen LogP contribution in [0.15, 0.2) is 29.1 Å². The first kappa shape index (κ1) is 18.6. The summed E-state index contributed by atoms with van der Waals surface area (Å²) in [4.78, 5) is 36.6. The molecular weight excluding hydrogens is 322 g/mol. The lowest BCUT2D eigenvalue weighted by Gasteiger charge is -2.12. The summed E-state index contributed by atoms with van der Waals surface area (Å²) in [6, 6.07) is 6.71. The molecule has 0 atom stereocenters. The van der Waals surface area contributed by atoms with Crippen LogP contribution in [0.3, 0.4) is 0 Å². The van der Waals surface area contributed by atoms with Crippen LogP contribution in [0.25, 0.3) is 10.8 Å². The van der Waals surface area contributed by atoms with Crippen LogP contribution in [0, 0.1) is 5.92 Å². The quantitative estimate of drug-likeness (QED) is 0.805. The van der Waals surface area contributed by atoms with Crippen molar-refractivity contribution in [3.8, 4) is 0 Å². The molecule has 2 aromatic rings. The van der Waals surface area contributed by atoms with Crippen molar-refractivity contribution in [3.63, 3.8) is 0 Å². The fourth-order valence-electron chi connectivity index (χ4n) is 2.42. The Bertz CT molecular complexity index is 840. The van der Waals surface area contributed by atoms with E-state index in [1.54, 1.807) is 24.3 Å². The van der Waals surface area contributed by atoms with Gasteiger partial charge in [0.15, 0.2) is 12.3 Å². The summed E-state index contributed by atoms with van der Waals surface area (Å²) < 4.78 is 6.35. The Morgan fingerprint density at radius 1 is 1.16 bits per heavy atom. The second-order valence-corrected chi connectivity index (χ2v) is 6.57. The van der Waals surface area contributed by atoms with Crippen LogP contribution in [0.2, 0.25) is 0 Å². The lowest BCUT2D eigenvalue weighted by molar-refractivity contribution is -0.124. The van der Waals surface area contributed by atoms with E-state index in [0.717, 1.165) is 0 Å². The monoisotopic (exact) mass is 345 g/mol. The summed E-state index contributed by atoms with van der Waals surface area (Å²) in [5.74, 6) is -0.928. The molecule has 0 fully saturated rings. The van der Waals surface area contributed by atoms with Gasteiger partial charge >= 0.3 is 5.97 Å². The fourth-order valence-corrected chi connectivity index (χ4v) is 2.42. The number of rotatable bonds is 6. The zero-order valence-corrected chi connectivity index (χ0v) is 14.9. The molecular formula is C18H23N3O4. The largest absolute Gasteiger partial charge is 0.451 e. The molecule has 7 heteroatoms. The van der Waals surface area contributed by atoms with Crippen LogP contribution in [0.4, 0.5) is 0 Å². The molecule has 1 amide bonds. The first-order valence-electron chi connectivity index (χ1n) is 8.26. The Labute approximate surface area is 146 Å². The summed E-state index contributed by atoms with van der Waals surface area (Å²) in [6.07, 6.45) is 0. The van der Waals surface area contributed by atoms with Crippen LogP contribution in [-0.4, -0.2) is 34.3 Å². The summed E-state index contributed by atoms with van der Waals surface area (Å²) in [5.41, 5.74) is -0.216. The van der Waals surface area contributed by atoms with E-state index in [1.165, 1.54) is 4.68 Å². The molecule has 2 rings (SSSR count). The number of carbonyl (C=O) groups excluding carboxylic acids is 2. The van der Waals surface area contributed by atoms with Crippen LogP contribution in [-0.2, 0) is 16.1 Å². The van der Waals surface area contributed by atoms with Gasteiger partial charge < -0.3 is 10.1 Å². The van der Waals surface area contributed by atoms with Crippen molar-refractivity contribution in [2.75, 3.05) is 6.61 Å². The number of fused-ring (bicyclic) bond motifs is 1. The molecule has 134 valence electrons. The van der Waals surface area contributed by atoms with Crippen molar-refractivity contribution in [2.24, 2.45) is 5.92 Å². The van der Waals surface area contributed by atoms with Crippen molar-refractivity contribution in [3.05, 3.63) is 40.3 Å². The topological polar surface area (TPSA) is 90.3 Å². The van der Waals surface area contributed by atoms with E-state index < -0.39 is 12.6 Å². The van der Waals surface area contributed by atoms with Crippen LogP contribution in [0.1, 0.15) is 38.2 Å². The maximum absolute atomic E-state index is 12.5. The number of hydrogen-bond acceptors (Lipinski definition) is 5. The lowest BCUT2D eigenvalue weighted by atomic mass is 10.1. The van der Waals surface area contributed by atoms with Crippen molar-refractivity contribution in [1.29, 1.82) is 0 Å². The van der Waals surface area contributed by atoms with E-state index in [0.29, 0.717) is 17.3 Å². The molecule has 0 saturated carbocycles. The van der Waals surface area contributed by atoms with E-state index >= 15 is 0 Å². The molecule has 1 heterocycles. The molecule has 0 radical (unpaired) electrons. The number of hydrogen-bond donors (Lipinski definition) is 1. The summed E-state index contributed by atoms with van der Waals surface area (Å²) in [7, 11) is 0. The van der Waals surface area contributed by atoms with Gasteiger partial charge in [0.05, 0.1) is 5.39 Å². The Hall–Kier alpha value is -2.70. The first-order valence-corrected chi connectivity index (χ1v) is 8.26. The minimum Gasteiger partial charge on any atom is -0.451 e. The van der Waals surface area contributed by atoms with Crippen molar-refractivity contribution < 1.29 is 14.3 Å². The van der Waals surface area contributed by atoms with Gasteiger partial charge in [-0.25, -0.2) is 9.48 Å². The van der Waals surface area contributed by atoms with Gasteiger partial charge in [0.1, 0.15) is 0 Å². The number of amides is 1. The Morgan fingerprint density at radius 2 is 1.80 bits per heavy atom. The zero-order valence-electron chi connectivity index (χ0n) is 14.9. The number of nitrogens with one attached hydrogen (secondary N) is 1. The third-order valence-corrected chi connectivity index (χ3v) is 3.38. The van der Waals surface area contributed by atoms with Gasteiger partial charge in [0.2, 0.25) is 0 Å². The van der Waals surface area contributed by atoms with Crippen LogP contribution in [0.5, 0.6) is 0 Å². The van der Waals surface area contributed by atoms with Crippen LogP contribution < -0.4 is 10.9 Å². The minimum atomic E-state index is -0.729. The third-order valence-electron chi connectivity index (χ3n) is 3.38. The van der Waals surface area contributed by atoms with Gasteiger partial charge in [0.25, 0.3) is 11.5 Å². The standard InChI is InChI=1S/C18H23N3O4/c1-11(2)9-21-17(23)14-8-6-5-7-13(14)16(20-21)18(24)25-10-15(22)19-12(3)4/h5-8,11-12H,9-10H2,1-4H3,(H,19,22). The zero-order chi connectivity index (χ0) is 18.6. The number of benzene rings is 1. The molecule has 0 saturated heterocycles. The molecule has 0 aliphatic heterocycles. The van der Waals surface area contributed by atoms with E-state index in [1.807, 2.05) is 27.7 Å². The minimum absolute atomic E-state index is 0.0354. The SMILES string of the molecule is CC(C)Cn1nc(C(=O)OCC(=O)NC(C)C)c2ccccc2c1=O. The highest BCUT2D eigenvalue weighted by Crippen LogP contribution is 2.14. The molecule has 0 unspecified atom stereocenters. The molecule has 0 aliphatic rings. The summed E-state index contributed by atoms with van der Waals surface area (Å²) >= 11 is 0. The second kappa shape index (κ2) is 7.92. The Morgan fingerprint density at radius 3 is 2.40 bits per heavy atom. The summed E-state index contributed by atoms with van der Waals surface area (Å²) in [6.45, 7) is 7.54. The van der Waals surface area contributed by atoms with Gasteiger partial charge in [-0.1, -0.05) is 32.0 Å². The predicted molar refractivity (Wildman–Crippen MR) is 94.4 cm³/mol. The number of nitrogens with zero attached hydrogens (tertiary/aromatic N) is 2. The van der Waals surface area contributed by atoms with Crippen molar-refractivity contribution in [1.82, 2.24) is 15.1 Å². The number of carbonyl (C=O) groups is 2. The normalized spacial score (nSPS) is 11.1. The van der Waals surface area contributed by atoms with Crippen LogP contribution >= 0.6 is 0 Å². The van der Waals surface area contributed by atoms with Gasteiger partial charge in [-0.15, -0.1) is 0 Å². The molecule has 1 aromatic carbocycles. The molecule has 0 aliphatic carbocycles. The number of ether oxygens (including phenoxy) is 1. The highest BCUT2D eigenvalue weighted by molar-refractivity contribution is 6.02. The molecule has 7 nitrogen and oxygen atoms in total.